The first-order valence-corrected chi connectivity index (χ1v) is 9.77. The summed E-state index contributed by atoms with van der Waals surface area (Å²) in [5.74, 6) is 1.76. The van der Waals surface area contributed by atoms with E-state index < -0.39 is 5.54 Å². The van der Waals surface area contributed by atoms with Gasteiger partial charge < -0.3 is 20.1 Å². The molecule has 144 valence electrons. The summed E-state index contributed by atoms with van der Waals surface area (Å²) in [7, 11) is 1.64. The molecule has 0 aromatic heterocycles. The molecule has 5 heteroatoms. The van der Waals surface area contributed by atoms with Crippen molar-refractivity contribution in [1.29, 1.82) is 0 Å². The number of amides is 2. The van der Waals surface area contributed by atoms with E-state index >= 15 is 0 Å². The Hall–Kier alpha value is -1.75. The highest BCUT2D eigenvalue weighted by atomic mass is 16.5. The molecule has 2 fully saturated rings. The van der Waals surface area contributed by atoms with Gasteiger partial charge in [-0.1, -0.05) is 44.2 Å². The fraction of sp³-hybridized carbons (Fsp3) is 0.667. The fourth-order valence-electron chi connectivity index (χ4n) is 4.16. The van der Waals surface area contributed by atoms with E-state index in [0.717, 1.165) is 30.1 Å². The minimum Gasteiger partial charge on any atom is -0.497 e. The first-order valence-electron chi connectivity index (χ1n) is 9.77. The average molecular weight is 360 g/mol. The number of hydrogen-bond acceptors (Lipinski definition) is 3. The second-order valence-corrected chi connectivity index (χ2v) is 8.20. The Morgan fingerprint density at radius 1 is 1.23 bits per heavy atom. The van der Waals surface area contributed by atoms with Crippen molar-refractivity contribution >= 4 is 6.03 Å². The topological polar surface area (TPSA) is 64.8 Å². The summed E-state index contributed by atoms with van der Waals surface area (Å²) in [6.45, 7) is 4.62. The van der Waals surface area contributed by atoms with E-state index in [2.05, 4.69) is 13.8 Å². The summed E-state index contributed by atoms with van der Waals surface area (Å²) in [5.41, 5.74) is 6.38. The second-order valence-electron chi connectivity index (χ2n) is 8.20. The van der Waals surface area contributed by atoms with Crippen LogP contribution in [0.25, 0.3) is 0 Å². The molecular formula is C21H32N2O3. The standard InChI is InChI=1S/C21H32N2O3/c1-21(2)19(7-5-4-6-15-8-9-15)26-14-18(23(21)20(22)24)16-10-12-17(25-3)13-11-16/h10-13,15,18-19H,4-9,14H2,1-3H3,(H2,22,24). The highest BCUT2D eigenvalue weighted by Gasteiger charge is 2.46. The van der Waals surface area contributed by atoms with E-state index in [1.807, 2.05) is 29.2 Å². The van der Waals surface area contributed by atoms with E-state index in [1.165, 1.54) is 25.7 Å². The van der Waals surface area contributed by atoms with Gasteiger partial charge in [-0.25, -0.2) is 4.79 Å². The molecule has 1 heterocycles. The molecule has 0 bridgehead atoms. The second kappa shape index (κ2) is 7.87. The van der Waals surface area contributed by atoms with E-state index in [4.69, 9.17) is 15.2 Å². The van der Waals surface area contributed by atoms with E-state index in [9.17, 15) is 4.79 Å². The Balaban J connectivity index is 1.69. The summed E-state index contributed by atoms with van der Waals surface area (Å²) in [6, 6.07) is 7.22. The number of carbonyl (C=O) groups is 1. The van der Waals surface area contributed by atoms with Crippen LogP contribution in [-0.2, 0) is 4.74 Å². The summed E-state index contributed by atoms with van der Waals surface area (Å²) >= 11 is 0. The number of nitrogens with two attached hydrogens (primary N) is 1. The third-order valence-corrected chi connectivity index (χ3v) is 5.94. The number of benzene rings is 1. The molecule has 2 amide bonds. The van der Waals surface area contributed by atoms with Gasteiger partial charge in [-0.15, -0.1) is 0 Å². The summed E-state index contributed by atoms with van der Waals surface area (Å²) in [4.78, 5) is 14.1. The van der Waals surface area contributed by atoms with Gasteiger partial charge in [-0.3, -0.25) is 0 Å². The first kappa shape index (κ1) is 19.0. The number of rotatable bonds is 7. The average Bonchev–Trinajstić information content (AvgIpc) is 3.43. The van der Waals surface area contributed by atoms with Crippen LogP contribution in [-0.4, -0.2) is 36.3 Å². The van der Waals surface area contributed by atoms with Crippen molar-refractivity contribution in [2.75, 3.05) is 13.7 Å². The molecule has 1 aromatic rings. The maximum Gasteiger partial charge on any atom is 0.315 e. The smallest absolute Gasteiger partial charge is 0.315 e. The molecule has 5 nitrogen and oxygen atoms in total. The van der Waals surface area contributed by atoms with Gasteiger partial charge >= 0.3 is 6.03 Å². The lowest BCUT2D eigenvalue weighted by atomic mass is 9.86. The maximum absolute atomic E-state index is 12.3. The number of nitrogens with zero attached hydrogens (tertiary/aromatic N) is 1. The minimum atomic E-state index is -0.436. The molecule has 2 N–H and O–H groups in total. The fourth-order valence-corrected chi connectivity index (χ4v) is 4.16. The Morgan fingerprint density at radius 2 is 1.88 bits per heavy atom. The highest BCUT2D eigenvalue weighted by Crippen LogP contribution is 2.39. The number of morpholine rings is 1. The van der Waals surface area contributed by atoms with Gasteiger partial charge in [0, 0.05) is 0 Å². The van der Waals surface area contributed by atoms with Gasteiger partial charge in [-0.05, 0) is 43.9 Å². The highest BCUT2D eigenvalue weighted by molar-refractivity contribution is 5.74. The molecule has 1 saturated heterocycles. The molecule has 26 heavy (non-hydrogen) atoms. The molecule has 2 atom stereocenters. The Bertz CT molecular complexity index is 610. The van der Waals surface area contributed by atoms with Crippen molar-refractivity contribution in [2.24, 2.45) is 11.7 Å². The number of methoxy groups -OCH3 is 1. The maximum atomic E-state index is 12.3. The van der Waals surface area contributed by atoms with Crippen molar-refractivity contribution in [3.63, 3.8) is 0 Å². The number of urea groups is 1. The van der Waals surface area contributed by atoms with Crippen LogP contribution in [0.4, 0.5) is 4.79 Å². The minimum absolute atomic E-state index is 0.0173. The molecule has 0 radical (unpaired) electrons. The van der Waals surface area contributed by atoms with Crippen molar-refractivity contribution in [3.05, 3.63) is 29.8 Å². The number of primary amides is 1. The van der Waals surface area contributed by atoms with E-state index in [-0.39, 0.29) is 18.2 Å². The van der Waals surface area contributed by atoms with Gasteiger partial charge in [-0.2, -0.15) is 0 Å². The summed E-state index contributed by atoms with van der Waals surface area (Å²) in [6.07, 6.45) is 7.53. The number of ether oxygens (including phenoxy) is 2. The lowest BCUT2D eigenvalue weighted by Gasteiger charge is -2.51. The molecule has 1 aliphatic heterocycles. The van der Waals surface area contributed by atoms with Gasteiger partial charge in [0.25, 0.3) is 0 Å². The van der Waals surface area contributed by atoms with Crippen LogP contribution in [0.2, 0.25) is 0 Å². The monoisotopic (exact) mass is 360 g/mol. The van der Waals surface area contributed by atoms with Gasteiger partial charge in [0.05, 0.1) is 31.4 Å². The molecule has 1 aliphatic carbocycles. The van der Waals surface area contributed by atoms with Crippen molar-refractivity contribution in [3.8, 4) is 5.75 Å². The van der Waals surface area contributed by atoms with Gasteiger partial charge in [0.15, 0.2) is 0 Å². The summed E-state index contributed by atoms with van der Waals surface area (Å²) in [5, 5.41) is 0. The number of carbonyl (C=O) groups excluding carboxylic acids is 1. The molecule has 1 saturated carbocycles. The zero-order valence-corrected chi connectivity index (χ0v) is 16.2. The SMILES string of the molecule is COc1ccc(C2COC(CCCCC3CC3)C(C)(C)N2C(N)=O)cc1. The normalized spacial score (nSPS) is 25.1. The van der Waals surface area contributed by atoms with Crippen LogP contribution in [0.1, 0.15) is 64.0 Å². The Morgan fingerprint density at radius 3 is 2.46 bits per heavy atom. The van der Waals surface area contributed by atoms with Crippen LogP contribution in [0, 0.1) is 5.92 Å². The van der Waals surface area contributed by atoms with Gasteiger partial charge in [0.2, 0.25) is 0 Å². The largest absolute Gasteiger partial charge is 0.497 e. The zero-order valence-electron chi connectivity index (χ0n) is 16.2. The Kier molecular flexibility index (Phi) is 5.76. The Labute approximate surface area is 156 Å². The van der Waals surface area contributed by atoms with Gasteiger partial charge in [0.1, 0.15) is 5.75 Å². The predicted octanol–water partition coefficient (Wildman–Crippen LogP) is 4.26. The van der Waals surface area contributed by atoms with Crippen LogP contribution < -0.4 is 10.5 Å². The molecular weight excluding hydrogens is 328 g/mol. The lowest BCUT2D eigenvalue weighted by Crippen LogP contribution is -2.62. The summed E-state index contributed by atoms with van der Waals surface area (Å²) < 4.78 is 11.5. The van der Waals surface area contributed by atoms with E-state index in [0.29, 0.717) is 6.61 Å². The zero-order chi connectivity index (χ0) is 18.7. The van der Waals surface area contributed by atoms with Crippen LogP contribution in [0.3, 0.4) is 0 Å². The third-order valence-electron chi connectivity index (χ3n) is 5.94. The van der Waals surface area contributed by atoms with Crippen molar-refractivity contribution in [2.45, 2.75) is 70.1 Å². The third kappa shape index (κ3) is 4.14. The quantitative estimate of drug-likeness (QED) is 0.739. The van der Waals surface area contributed by atoms with Crippen molar-refractivity contribution < 1.29 is 14.3 Å². The predicted molar refractivity (Wildman–Crippen MR) is 102 cm³/mol. The molecule has 3 rings (SSSR count). The lowest BCUT2D eigenvalue weighted by molar-refractivity contribution is -0.125. The molecule has 0 spiro atoms. The number of unbranched alkanes of at least 4 members (excludes halogenated alkanes) is 1. The van der Waals surface area contributed by atoms with Crippen LogP contribution in [0.5, 0.6) is 5.75 Å². The van der Waals surface area contributed by atoms with Crippen LogP contribution >= 0.6 is 0 Å². The molecule has 2 unspecified atom stereocenters. The van der Waals surface area contributed by atoms with Crippen LogP contribution in [0.15, 0.2) is 24.3 Å². The molecule has 1 aromatic carbocycles. The first-order chi connectivity index (χ1) is 12.4. The molecule has 2 aliphatic rings. The van der Waals surface area contributed by atoms with Crippen molar-refractivity contribution in [1.82, 2.24) is 4.90 Å². The van der Waals surface area contributed by atoms with E-state index in [1.54, 1.807) is 7.11 Å². The number of hydrogen-bond donors (Lipinski definition) is 1.